The molecule has 0 heterocycles. The second-order valence-electron chi connectivity index (χ2n) is 4.21. The minimum atomic E-state index is -3.82. The Morgan fingerprint density at radius 2 is 2.00 bits per heavy atom. The van der Waals surface area contributed by atoms with Gasteiger partial charge < -0.3 is 9.47 Å². The molecular formula is C13H18ClNO5S. The predicted molar refractivity (Wildman–Crippen MR) is 79.1 cm³/mol. The van der Waals surface area contributed by atoms with Crippen molar-refractivity contribution in [3.8, 4) is 5.75 Å². The number of ether oxygens (including phenoxy) is 2. The fourth-order valence-electron chi connectivity index (χ4n) is 1.70. The van der Waals surface area contributed by atoms with Gasteiger partial charge in [0.05, 0.1) is 24.1 Å². The average Bonchev–Trinajstić information content (AvgIpc) is 2.46. The molecule has 1 rings (SSSR count). The molecule has 118 valence electrons. The molecule has 0 saturated carbocycles. The van der Waals surface area contributed by atoms with Gasteiger partial charge in [0.25, 0.3) is 0 Å². The van der Waals surface area contributed by atoms with Gasteiger partial charge in [-0.3, -0.25) is 4.79 Å². The highest BCUT2D eigenvalue weighted by atomic mass is 35.5. The third-order valence-corrected chi connectivity index (χ3v) is 4.90. The number of esters is 1. The molecule has 0 fully saturated rings. The normalized spacial score (nSPS) is 11.5. The van der Waals surface area contributed by atoms with Crippen LogP contribution in [-0.2, 0) is 19.6 Å². The zero-order chi connectivity index (χ0) is 16.0. The van der Waals surface area contributed by atoms with Crippen molar-refractivity contribution >= 4 is 27.6 Å². The summed E-state index contributed by atoms with van der Waals surface area (Å²) in [7, 11) is -1.17. The Bertz CT molecular complexity index is 603. The summed E-state index contributed by atoms with van der Waals surface area (Å²) in [6, 6.07) is 4.16. The van der Waals surface area contributed by atoms with Crippen LogP contribution in [0.15, 0.2) is 23.1 Å². The maximum absolute atomic E-state index is 12.5. The number of nitrogens with zero attached hydrogens (tertiary/aromatic N) is 1. The topological polar surface area (TPSA) is 72.9 Å². The number of halogens is 1. The largest absolute Gasteiger partial charge is 0.495 e. The van der Waals surface area contributed by atoms with Crippen molar-refractivity contribution in [2.75, 3.05) is 27.3 Å². The molecule has 0 N–H and O–H groups in total. The zero-order valence-electron chi connectivity index (χ0n) is 12.1. The smallest absolute Gasteiger partial charge is 0.321 e. The Kier molecular flexibility index (Phi) is 6.44. The van der Waals surface area contributed by atoms with Crippen LogP contribution in [-0.4, -0.2) is 46.0 Å². The molecule has 8 heteroatoms. The second kappa shape index (κ2) is 7.63. The Labute approximate surface area is 129 Å². The molecule has 0 aliphatic carbocycles. The lowest BCUT2D eigenvalue weighted by molar-refractivity contribution is -0.140. The number of hydrogen-bond donors (Lipinski definition) is 0. The van der Waals surface area contributed by atoms with E-state index in [9.17, 15) is 13.2 Å². The summed E-state index contributed by atoms with van der Waals surface area (Å²) in [5.74, 6) is -0.239. The van der Waals surface area contributed by atoms with E-state index in [4.69, 9.17) is 16.3 Å². The van der Waals surface area contributed by atoms with Gasteiger partial charge in [0.1, 0.15) is 12.3 Å². The van der Waals surface area contributed by atoms with Crippen molar-refractivity contribution < 1.29 is 22.7 Å². The summed E-state index contributed by atoms with van der Waals surface area (Å²) in [5, 5.41) is 0.188. The second-order valence-corrected chi connectivity index (χ2v) is 6.56. The van der Waals surface area contributed by atoms with Crippen LogP contribution in [0.5, 0.6) is 5.75 Å². The lowest BCUT2D eigenvalue weighted by Gasteiger charge is -2.20. The molecule has 21 heavy (non-hydrogen) atoms. The van der Waals surface area contributed by atoms with E-state index in [1.54, 1.807) is 0 Å². The number of carbonyl (C=O) groups excluding carboxylic acids is 1. The number of carbonyl (C=O) groups is 1. The van der Waals surface area contributed by atoms with Crippen molar-refractivity contribution in [1.82, 2.24) is 4.31 Å². The minimum Gasteiger partial charge on any atom is -0.495 e. The molecule has 0 unspecified atom stereocenters. The standard InChI is InChI=1S/C13H18ClNO5S/c1-4-7-15(9-13(16)20-3)21(17,18)10-5-6-12(19-2)11(14)8-10/h5-6,8H,4,7,9H2,1-3H3. The van der Waals surface area contributed by atoms with Crippen LogP contribution in [0.2, 0.25) is 5.02 Å². The molecule has 0 bridgehead atoms. The summed E-state index contributed by atoms with van der Waals surface area (Å²) in [5.41, 5.74) is 0. The maximum atomic E-state index is 12.5. The Balaban J connectivity index is 3.16. The highest BCUT2D eigenvalue weighted by Gasteiger charge is 2.27. The van der Waals surface area contributed by atoms with Crippen LogP contribution in [0, 0.1) is 0 Å². The molecule has 1 aromatic carbocycles. The first-order valence-corrected chi connectivity index (χ1v) is 8.09. The molecule has 0 spiro atoms. The van der Waals surface area contributed by atoms with Gasteiger partial charge in [0.15, 0.2) is 0 Å². The lowest BCUT2D eigenvalue weighted by atomic mass is 10.3. The third-order valence-electron chi connectivity index (χ3n) is 2.77. The Morgan fingerprint density at radius 3 is 2.48 bits per heavy atom. The van der Waals surface area contributed by atoms with E-state index < -0.39 is 16.0 Å². The van der Waals surface area contributed by atoms with Crippen molar-refractivity contribution in [1.29, 1.82) is 0 Å². The van der Waals surface area contributed by atoms with Crippen molar-refractivity contribution in [2.24, 2.45) is 0 Å². The molecule has 1 aromatic rings. The number of benzene rings is 1. The van der Waals surface area contributed by atoms with Crippen molar-refractivity contribution in [3.05, 3.63) is 23.2 Å². The SMILES string of the molecule is CCCN(CC(=O)OC)S(=O)(=O)c1ccc(OC)c(Cl)c1. The van der Waals surface area contributed by atoms with Crippen molar-refractivity contribution in [3.63, 3.8) is 0 Å². The predicted octanol–water partition coefficient (Wildman–Crippen LogP) is 1.92. The molecule has 0 amide bonds. The Morgan fingerprint density at radius 1 is 1.33 bits per heavy atom. The van der Waals surface area contributed by atoms with Gasteiger partial charge in [0.2, 0.25) is 10.0 Å². The van der Waals surface area contributed by atoms with Crippen LogP contribution in [0.25, 0.3) is 0 Å². The number of sulfonamides is 1. The number of methoxy groups -OCH3 is 2. The first-order valence-electron chi connectivity index (χ1n) is 6.27. The van der Waals surface area contributed by atoms with Gasteiger partial charge in [-0.1, -0.05) is 18.5 Å². The Hall–Kier alpha value is -1.31. The highest BCUT2D eigenvalue weighted by Crippen LogP contribution is 2.28. The molecule has 0 aliphatic heterocycles. The molecule has 0 aliphatic rings. The molecule has 0 aromatic heterocycles. The summed E-state index contributed by atoms with van der Waals surface area (Å²) in [4.78, 5) is 11.4. The number of rotatable bonds is 7. The van der Waals surface area contributed by atoms with Crippen LogP contribution in [0.1, 0.15) is 13.3 Å². The van der Waals surface area contributed by atoms with E-state index in [1.807, 2.05) is 6.92 Å². The molecule has 0 saturated heterocycles. The molecule has 0 radical (unpaired) electrons. The zero-order valence-corrected chi connectivity index (χ0v) is 13.7. The first-order chi connectivity index (χ1) is 9.86. The van der Waals surface area contributed by atoms with Crippen molar-refractivity contribution in [2.45, 2.75) is 18.2 Å². The van der Waals surface area contributed by atoms with Gasteiger partial charge in [-0.25, -0.2) is 8.42 Å². The third kappa shape index (κ3) is 4.33. The van der Waals surface area contributed by atoms with E-state index in [1.165, 1.54) is 32.4 Å². The monoisotopic (exact) mass is 335 g/mol. The summed E-state index contributed by atoms with van der Waals surface area (Å²) >= 11 is 5.95. The summed E-state index contributed by atoms with van der Waals surface area (Å²) < 4.78 is 35.7. The van der Waals surface area contributed by atoms with Gasteiger partial charge in [-0.05, 0) is 24.6 Å². The van der Waals surface area contributed by atoms with E-state index in [0.29, 0.717) is 12.2 Å². The van der Waals surface area contributed by atoms with Crippen LogP contribution in [0.4, 0.5) is 0 Å². The van der Waals surface area contributed by atoms with Gasteiger partial charge in [0, 0.05) is 6.54 Å². The van der Waals surface area contributed by atoms with E-state index in [-0.39, 0.29) is 23.0 Å². The summed E-state index contributed by atoms with van der Waals surface area (Å²) in [6.45, 7) is 1.69. The van der Waals surface area contributed by atoms with E-state index in [0.717, 1.165) is 4.31 Å². The quantitative estimate of drug-likeness (QED) is 0.712. The average molecular weight is 336 g/mol. The molecule has 0 atom stereocenters. The van der Waals surface area contributed by atoms with Gasteiger partial charge in [-0.15, -0.1) is 0 Å². The summed E-state index contributed by atoms with van der Waals surface area (Å²) in [6.07, 6.45) is 0.570. The van der Waals surface area contributed by atoms with Crippen LogP contribution in [0.3, 0.4) is 0 Å². The maximum Gasteiger partial charge on any atom is 0.321 e. The van der Waals surface area contributed by atoms with E-state index in [2.05, 4.69) is 4.74 Å². The molecular weight excluding hydrogens is 318 g/mol. The van der Waals surface area contributed by atoms with Gasteiger partial charge >= 0.3 is 5.97 Å². The first kappa shape index (κ1) is 17.7. The fourth-order valence-corrected chi connectivity index (χ4v) is 3.52. The van der Waals surface area contributed by atoms with E-state index >= 15 is 0 Å². The molecule has 6 nitrogen and oxygen atoms in total. The fraction of sp³-hybridized carbons (Fsp3) is 0.462. The number of hydrogen-bond acceptors (Lipinski definition) is 5. The lowest BCUT2D eigenvalue weighted by Crippen LogP contribution is -2.36. The van der Waals surface area contributed by atoms with Crippen LogP contribution < -0.4 is 4.74 Å². The van der Waals surface area contributed by atoms with Crippen LogP contribution >= 0.6 is 11.6 Å². The highest BCUT2D eigenvalue weighted by molar-refractivity contribution is 7.89. The minimum absolute atomic E-state index is 0.00523. The van der Waals surface area contributed by atoms with Gasteiger partial charge in [-0.2, -0.15) is 4.31 Å².